The van der Waals surface area contributed by atoms with Crippen LogP contribution in [0.15, 0.2) is 53.4 Å². The summed E-state index contributed by atoms with van der Waals surface area (Å²) >= 11 is 0. The van der Waals surface area contributed by atoms with Gasteiger partial charge >= 0.3 is 5.97 Å². The van der Waals surface area contributed by atoms with Crippen molar-refractivity contribution >= 4 is 22.1 Å². The second-order valence-corrected chi connectivity index (χ2v) is 9.52. The first-order valence-corrected chi connectivity index (χ1v) is 11.9. The van der Waals surface area contributed by atoms with Crippen molar-refractivity contribution in [1.82, 2.24) is 4.72 Å². The van der Waals surface area contributed by atoms with Crippen LogP contribution in [0.5, 0.6) is 11.5 Å². The highest BCUT2D eigenvalue weighted by Gasteiger charge is 2.37. The molecule has 8 heteroatoms. The Morgan fingerprint density at radius 1 is 1.06 bits per heavy atom. The fourth-order valence-electron chi connectivity index (χ4n) is 4.20. The van der Waals surface area contributed by atoms with Crippen LogP contribution in [0.25, 0.3) is 6.08 Å². The molecule has 32 heavy (non-hydrogen) atoms. The smallest absolute Gasteiger partial charge is 0.330 e. The Kier molecular flexibility index (Phi) is 7.58. The van der Waals surface area contributed by atoms with Gasteiger partial charge in [0.15, 0.2) is 11.5 Å². The monoisotopic (exact) mass is 459 g/mol. The summed E-state index contributed by atoms with van der Waals surface area (Å²) in [4.78, 5) is 11.4. The number of ether oxygens (including phenoxy) is 3. The summed E-state index contributed by atoms with van der Waals surface area (Å²) < 4.78 is 44.9. The molecule has 1 aliphatic carbocycles. The van der Waals surface area contributed by atoms with E-state index in [4.69, 9.17) is 9.47 Å². The molecule has 0 saturated heterocycles. The van der Waals surface area contributed by atoms with Gasteiger partial charge in [-0.15, -0.1) is 0 Å². The van der Waals surface area contributed by atoms with Crippen LogP contribution in [-0.2, 0) is 25.0 Å². The third kappa shape index (κ3) is 5.14. The summed E-state index contributed by atoms with van der Waals surface area (Å²) in [6.45, 7) is 0.285. The van der Waals surface area contributed by atoms with E-state index in [-0.39, 0.29) is 28.4 Å². The van der Waals surface area contributed by atoms with Gasteiger partial charge in [0.1, 0.15) is 4.90 Å². The van der Waals surface area contributed by atoms with E-state index in [1.165, 1.54) is 39.5 Å². The highest BCUT2D eigenvalue weighted by atomic mass is 32.2. The van der Waals surface area contributed by atoms with Crippen LogP contribution in [0.4, 0.5) is 0 Å². The Morgan fingerprint density at radius 2 is 1.75 bits per heavy atom. The van der Waals surface area contributed by atoms with E-state index in [0.29, 0.717) is 5.56 Å². The summed E-state index contributed by atoms with van der Waals surface area (Å²) in [7, 11) is 0.151. The molecular formula is C24H29NO6S. The molecule has 2 aromatic carbocycles. The highest BCUT2D eigenvalue weighted by molar-refractivity contribution is 7.89. The van der Waals surface area contributed by atoms with Gasteiger partial charge in [-0.25, -0.2) is 17.9 Å². The van der Waals surface area contributed by atoms with Crippen molar-refractivity contribution in [2.45, 2.75) is 36.0 Å². The lowest BCUT2D eigenvalue weighted by Crippen LogP contribution is -2.39. The van der Waals surface area contributed by atoms with Crippen molar-refractivity contribution in [3.05, 3.63) is 59.7 Å². The summed E-state index contributed by atoms with van der Waals surface area (Å²) in [6, 6.07) is 13.1. The van der Waals surface area contributed by atoms with E-state index < -0.39 is 16.0 Å². The molecule has 0 aliphatic heterocycles. The Balaban J connectivity index is 1.96. The third-order valence-electron chi connectivity index (χ3n) is 5.92. The van der Waals surface area contributed by atoms with Crippen molar-refractivity contribution < 1.29 is 27.4 Å². The van der Waals surface area contributed by atoms with E-state index in [1.807, 2.05) is 18.2 Å². The largest absolute Gasteiger partial charge is 0.493 e. The van der Waals surface area contributed by atoms with Gasteiger partial charge < -0.3 is 14.2 Å². The molecule has 0 spiro atoms. The lowest BCUT2D eigenvalue weighted by Gasteiger charge is -2.30. The molecule has 1 N–H and O–H groups in total. The van der Waals surface area contributed by atoms with Gasteiger partial charge in [-0.2, -0.15) is 0 Å². The van der Waals surface area contributed by atoms with Gasteiger partial charge in [-0.1, -0.05) is 43.2 Å². The lowest BCUT2D eigenvalue weighted by atomic mass is 9.79. The molecule has 0 amide bonds. The molecule has 0 radical (unpaired) electrons. The van der Waals surface area contributed by atoms with Crippen LogP contribution in [0.1, 0.15) is 36.8 Å². The van der Waals surface area contributed by atoms with Crippen LogP contribution < -0.4 is 14.2 Å². The quantitative estimate of drug-likeness (QED) is 0.454. The van der Waals surface area contributed by atoms with Crippen LogP contribution >= 0.6 is 0 Å². The first-order chi connectivity index (χ1) is 15.3. The molecule has 1 fully saturated rings. The Morgan fingerprint density at radius 3 is 2.34 bits per heavy atom. The predicted octanol–water partition coefficient (Wildman–Crippen LogP) is 3.68. The molecule has 0 atom stereocenters. The number of carbonyl (C=O) groups excluding carboxylic acids is 1. The van der Waals surface area contributed by atoms with E-state index in [0.717, 1.165) is 31.2 Å². The molecule has 3 rings (SSSR count). The summed E-state index contributed by atoms with van der Waals surface area (Å²) in [5.41, 5.74) is 1.36. The maximum atomic E-state index is 13.4. The van der Waals surface area contributed by atoms with Crippen molar-refractivity contribution in [3.63, 3.8) is 0 Å². The molecule has 0 bridgehead atoms. The summed E-state index contributed by atoms with van der Waals surface area (Å²) in [5.74, 6) is -0.192. The molecule has 1 aliphatic rings. The number of hydrogen-bond acceptors (Lipinski definition) is 6. The van der Waals surface area contributed by atoms with Gasteiger partial charge in [0.2, 0.25) is 10.0 Å². The minimum Gasteiger partial charge on any atom is -0.493 e. The molecule has 0 aromatic heterocycles. The number of rotatable bonds is 9. The van der Waals surface area contributed by atoms with Gasteiger partial charge in [-0.3, -0.25) is 0 Å². The summed E-state index contributed by atoms with van der Waals surface area (Å²) in [5, 5.41) is 0. The van der Waals surface area contributed by atoms with E-state index >= 15 is 0 Å². The molecule has 0 heterocycles. The van der Waals surface area contributed by atoms with E-state index in [2.05, 4.69) is 21.6 Å². The fourth-order valence-corrected chi connectivity index (χ4v) is 5.54. The number of sulfonamides is 1. The molecule has 2 aromatic rings. The second-order valence-electron chi connectivity index (χ2n) is 7.79. The van der Waals surface area contributed by atoms with Crippen LogP contribution in [0.2, 0.25) is 0 Å². The van der Waals surface area contributed by atoms with Gasteiger partial charge in [-0.05, 0) is 42.2 Å². The summed E-state index contributed by atoms with van der Waals surface area (Å²) in [6.07, 6.45) is 6.64. The fraction of sp³-hybridized carbons (Fsp3) is 0.375. The topological polar surface area (TPSA) is 90.9 Å². The minimum atomic E-state index is -3.94. The Hall–Kier alpha value is -2.84. The Bertz CT molecular complexity index is 1070. The van der Waals surface area contributed by atoms with Gasteiger partial charge in [0.05, 0.1) is 21.3 Å². The van der Waals surface area contributed by atoms with Crippen molar-refractivity contribution in [2.24, 2.45) is 0 Å². The van der Waals surface area contributed by atoms with E-state index in [9.17, 15) is 13.2 Å². The van der Waals surface area contributed by atoms with Crippen molar-refractivity contribution in [2.75, 3.05) is 27.9 Å². The zero-order chi connectivity index (χ0) is 23.2. The van der Waals surface area contributed by atoms with Crippen molar-refractivity contribution in [1.29, 1.82) is 0 Å². The minimum absolute atomic E-state index is 0.0509. The maximum absolute atomic E-state index is 13.4. The third-order valence-corrected chi connectivity index (χ3v) is 7.32. The van der Waals surface area contributed by atoms with Gasteiger partial charge in [0, 0.05) is 18.0 Å². The first-order valence-electron chi connectivity index (χ1n) is 10.4. The average Bonchev–Trinajstić information content (AvgIpc) is 3.31. The number of nitrogens with one attached hydrogen (secondary N) is 1. The zero-order valence-electron chi connectivity index (χ0n) is 18.6. The molecule has 1 saturated carbocycles. The molecule has 0 unspecified atom stereocenters. The average molecular weight is 460 g/mol. The molecular weight excluding hydrogens is 430 g/mol. The second kappa shape index (κ2) is 10.2. The number of benzene rings is 2. The molecule has 172 valence electrons. The highest BCUT2D eigenvalue weighted by Crippen LogP contribution is 2.41. The number of carbonyl (C=O) groups is 1. The lowest BCUT2D eigenvalue weighted by molar-refractivity contribution is -0.134. The SMILES string of the molecule is COC(=O)/C=C/c1cc(OC)c(OC)c(S(=O)(=O)NCC2(c3ccccc3)CCCC2)c1. The first kappa shape index (κ1) is 23.8. The standard InChI is InChI=1S/C24H29NO6S/c1-29-20-15-18(11-12-22(26)30-2)16-21(23(20)31-3)32(27,28)25-17-24(13-7-8-14-24)19-9-5-4-6-10-19/h4-6,9-12,15-16,25H,7-8,13-14,17H2,1-3H3/b12-11+. The number of hydrogen-bond donors (Lipinski definition) is 1. The zero-order valence-corrected chi connectivity index (χ0v) is 19.4. The van der Waals surface area contributed by atoms with Crippen LogP contribution in [0, 0.1) is 0 Å². The number of esters is 1. The maximum Gasteiger partial charge on any atom is 0.330 e. The van der Waals surface area contributed by atoms with Gasteiger partial charge in [0.25, 0.3) is 0 Å². The van der Waals surface area contributed by atoms with Crippen LogP contribution in [-0.4, -0.2) is 42.3 Å². The number of methoxy groups -OCH3 is 3. The molecule has 7 nitrogen and oxygen atoms in total. The van der Waals surface area contributed by atoms with Crippen LogP contribution in [0.3, 0.4) is 0 Å². The van der Waals surface area contributed by atoms with E-state index in [1.54, 1.807) is 6.07 Å². The van der Waals surface area contributed by atoms with Crippen molar-refractivity contribution in [3.8, 4) is 11.5 Å². The predicted molar refractivity (Wildman–Crippen MR) is 122 cm³/mol. The normalized spacial score (nSPS) is 15.6. The Labute approximate surface area is 189 Å².